The van der Waals surface area contributed by atoms with Gasteiger partial charge in [0.15, 0.2) is 0 Å². The number of aromatic amines is 1. The second-order valence-electron chi connectivity index (χ2n) is 6.04. The molecule has 0 atom stereocenters. The lowest BCUT2D eigenvalue weighted by molar-refractivity contribution is 0.238. The number of aryl methyl sites for hydroxylation is 1. The summed E-state index contributed by atoms with van der Waals surface area (Å²) in [4.78, 5) is 24.7. The zero-order valence-electron chi connectivity index (χ0n) is 13.7. The molecule has 124 valence electrons. The number of rotatable bonds is 2. The van der Waals surface area contributed by atoms with Gasteiger partial charge in [0.1, 0.15) is 0 Å². The molecule has 3 aromatic carbocycles. The number of para-hydroxylation sites is 1. The number of hydrogen-bond acceptors (Lipinski definition) is 2. The Kier molecular flexibility index (Phi) is 3.61. The van der Waals surface area contributed by atoms with Crippen LogP contribution in [0.1, 0.15) is 11.1 Å². The van der Waals surface area contributed by atoms with Crippen molar-refractivity contribution in [2.75, 3.05) is 0 Å². The van der Waals surface area contributed by atoms with Gasteiger partial charge in [0.25, 0.3) is 5.56 Å². The lowest BCUT2D eigenvalue weighted by Crippen LogP contribution is -2.35. The minimum absolute atomic E-state index is 0.345. The second kappa shape index (κ2) is 5.94. The fourth-order valence-corrected chi connectivity index (χ4v) is 3.12. The lowest BCUT2D eigenvalue weighted by Gasteiger charge is -2.10. The van der Waals surface area contributed by atoms with E-state index >= 15 is 0 Å². The first-order valence-electron chi connectivity index (χ1n) is 8.10. The van der Waals surface area contributed by atoms with Gasteiger partial charge in [0.05, 0.1) is 10.9 Å². The molecule has 0 saturated heterocycles. The first-order valence-corrected chi connectivity index (χ1v) is 8.10. The lowest BCUT2D eigenvalue weighted by atomic mass is 10.0. The van der Waals surface area contributed by atoms with Crippen molar-refractivity contribution in [1.29, 1.82) is 0 Å². The summed E-state index contributed by atoms with van der Waals surface area (Å²) in [5.41, 5.74) is 2.50. The Bertz CT molecular complexity index is 1150. The van der Waals surface area contributed by atoms with Crippen LogP contribution in [0, 0.1) is 6.92 Å². The maximum Gasteiger partial charge on any atom is 0.343 e. The van der Waals surface area contributed by atoms with Gasteiger partial charge in [0, 0.05) is 6.54 Å². The molecule has 0 radical (unpaired) electrons. The first kappa shape index (κ1) is 15.2. The number of benzene rings is 3. The SMILES string of the molecule is Cc1ccc(CNC(=O)n2[nH]c3ccccc3c2=O)c2ccccc12. The summed E-state index contributed by atoms with van der Waals surface area (Å²) in [5.74, 6) is 0. The molecule has 0 spiro atoms. The summed E-state index contributed by atoms with van der Waals surface area (Å²) in [5, 5.41) is 8.43. The Balaban J connectivity index is 1.63. The van der Waals surface area contributed by atoms with Gasteiger partial charge in [-0.3, -0.25) is 9.89 Å². The predicted octanol–water partition coefficient (Wildman–Crippen LogP) is 3.55. The van der Waals surface area contributed by atoms with Gasteiger partial charge in [-0.25, -0.2) is 4.79 Å². The molecule has 5 heteroatoms. The van der Waals surface area contributed by atoms with Crippen LogP contribution < -0.4 is 10.9 Å². The molecule has 4 rings (SSSR count). The zero-order chi connectivity index (χ0) is 17.4. The van der Waals surface area contributed by atoms with Gasteiger partial charge in [-0.2, -0.15) is 4.68 Å². The van der Waals surface area contributed by atoms with Crippen LogP contribution in [0.2, 0.25) is 0 Å². The van der Waals surface area contributed by atoms with Crippen molar-refractivity contribution in [3.63, 3.8) is 0 Å². The molecule has 0 bridgehead atoms. The molecule has 0 saturated carbocycles. The van der Waals surface area contributed by atoms with Gasteiger partial charge >= 0.3 is 6.03 Å². The normalized spacial score (nSPS) is 11.1. The highest BCUT2D eigenvalue weighted by Gasteiger charge is 2.13. The van der Waals surface area contributed by atoms with E-state index in [4.69, 9.17) is 0 Å². The van der Waals surface area contributed by atoms with Crippen molar-refractivity contribution in [2.45, 2.75) is 13.5 Å². The number of aromatic nitrogens is 2. The number of fused-ring (bicyclic) bond motifs is 2. The Morgan fingerprint density at radius 3 is 2.40 bits per heavy atom. The summed E-state index contributed by atoms with van der Waals surface area (Å²) >= 11 is 0. The molecular formula is C20H17N3O2. The highest BCUT2D eigenvalue weighted by molar-refractivity contribution is 5.89. The van der Waals surface area contributed by atoms with Crippen LogP contribution in [0.5, 0.6) is 0 Å². The molecule has 0 fully saturated rings. The predicted molar refractivity (Wildman–Crippen MR) is 98.9 cm³/mol. The van der Waals surface area contributed by atoms with Gasteiger partial charge in [-0.05, 0) is 41.0 Å². The number of H-pyrrole nitrogens is 1. The van der Waals surface area contributed by atoms with E-state index in [2.05, 4.69) is 23.4 Å². The summed E-state index contributed by atoms with van der Waals surface area (Å²) in [6.45, 7) is 2.41. The number of amides is 1. The number of carbonyl (C=O) groups excluding carboxylic acids is 1. The monoisotopic (exact) mass is 331 g/mol. The van der Waals surface area contributed by atoms with Crippen LogP contribution in [0.15, 0.2) is 65.5 Å². The third-order valence-corrected chi connectivity index (χ3v) is 4.46. The molecular weight excluding hydrogens is 314 g/mol. The van der Waals surface area contributed by atoms with Crippen LogP contribution in [-0.2, 0) is 6.54 Å². The number of carbonyl (C=O) groups is 1. The molecule has 0 aliphatic rings. The van der Waals surface area contributed by atoms with Crippen molar-refractivity contribution in [3.8, 4) is 0 Å². The van der Waals surface area contributed by atoms with Crippen molar-refractivity contribution in [2.24, 2.45) is 0 Å². The topological polar surface area (TPSA) is 66.9 Å². The minimum Gasteiger partial charge on any atom is -0.332 e. The van der Waals surface area contributed by atoms with Gasteiger partial charge in [-0.15, -0.1) is 0 Å². The zero-order valence-corrected chi connectivity index (χ0v) is 13.7. The quantitative estimate of drug-likeness (QED) is 0.590. The van der Waals surface area contributed by atoms with Crippen LogP contribution in [0.3, 0.4) is 0 Å². The molecule has 25 heavy (non-hydrogen) atoms. The average Bonchev–Trinajstić information content (AvgIpc) is 2.98. The highest BCUT2D eigenvalue weighted by Crippen LogP contribution is 2.22. The number of nitrogens with one attached hydrogen (secondary N) is 2. The van der Waals surface area contributed by atoms with Crippen LogP contribution in [0.4, 0.5) is 4.79 Å². The van der Waals surface area contributed by atoms with Crippen LogP contribution in [-0.4, -0.2) is 15.8 Å². The van der Waals surface area contributed by atoms with Gasteiger partial charge < -0.3 is 5.32 Å². The fraction of sp³-hybridized carbons (Fsp3) is 0.100. The molecule has 1 heterocycles. The van der Waals surface area contributed by atoms with Crippen molar-refractivity contribution >= 4 is 27.7 Å². The van der Waals surface area contributed by atoms with E-state index in [-0.39, 0.29) is 5.56 Å². The van der Waals surface area contributed by atoms with Crippen molar-refractivity contribution in [3.05, 3.63) is 82.1 Å². The third kappa shape index (κ3) is 2.59. The van der Waals surface area contributed by atoms with E-state index < -0.39 is 6.03 Å². The summed E-state index contributed by atoms with van der Waals surface area (Å²) < 4.78 is 1.01. The van der Waals surface area contributed by atoms with E-state index in [1.54, 1.807) is 18.2 Å². The largest absolute Gasteiger partial charge is 0.343 e. The fourth-order valence-electron chi connectivity index (χ4n) is 3.12. The van der Waals surface area contributed by atoms with E-state index in [9.17, 15) is 9.59 Å². The number of hydrogen-bond donors (Lipinski definition) is 2. The van der Waals surface area contributed by atoms with Crippen molar-refractivity contribution < 1.29 is 4.79 Å². The summed E-state index contributed by atoms with van der Waals surface area (Å²) in [6, 6.07) is 18.7. The molecule has 4 aromatic rings. The van der Waals surface area contributed by atoms with Gasteiger partial charge in [0.2, 0.25) is 0 Å². The van der Waals surface area contributed by atoms with E-state index in [1.807, 2.05) is 36.4 Å². The van der Waals surface area contributed by atoms with Crippen LogP contribution in [0.25, 0.3) is 21.7 Å². The van der Waals surface area contributed by atoms with E-state index in [0.717, 1.165) is 21.0 Å². The maximum absolute atomic E-state index is 12.4. The molecule has 0 unspecified atom stereocenters. The third-order valence-electron chi connectivity index (χ3n) is 4.46. The van der Waals surface area contributed by atoms with Crippen molar-refractivity contribution in [1.82, 2.24) is 15.1 Å². The summed E-state index contributed by atoms with van der Waals surface area (Å²) in [7, 11) is 0. The Labute approximate surface area is 143 Å². The standard InChI is InChI=1S/C20H17N3O2/c1-13-10-11-14(16-7-3-2-6-15(13)16)12-21-20(25)23-19(24)17-8-4-5-9-18(17)22-23/h2-11,22H,12H2,1H3,(H,21,25). The maximum atomic E-state index is 12.4. The molecule has 1 amide bonds. The van der Waals surface area contributed by atoms with Crippen LogP contribution >= 0.6 is 0 Å². The molecule has 0 aliphatic carbocycles. The van der Waals surface area contributed by atoms with E-state index in [1.165, 1.54) is 5.56 Å². The molecule has 0 aliphatic heterocycles. The number of nitrogens with zero attached hydrogens (tertiary/aromatic N) is 1. The minimum atomic E-state index is -0.467. The van der Waals surface area contributed by atoms with E-state index in [0.29, 0.717) is 17.4 Å². The van der Waals surface area contributed by atoms with Gasteiger partial charge in [-0.1, -0.05) is 48.5 Å². The smallest absolute Gasteiger partial charge is 0.332 e. The highest BCUT2D eigenvalue weighted by atomic mass is 16.2. The molecule has 1 aromatic heterocycles. The molecule has 2 N–H and O–H groups in total. The Morgan fingerprint density at radius 1 is 0.960 bits per heavy atom. The molecule has 5 nitrogen and oxygen atoms in total. The first-order chi connectivity index (χ1) is 12.1. The average molecular weight is 331 g/mol. The Hall–Kier alpha value is -3.34. The second-order valence-corrected chi connectivity index (χ2v) is 6.04. The summed E-state index contributed by atoms with van der Waals surface area (Å²) in [6.07, 6.45) is 0. The Morgan fingerprint density at radius 2 is 1.64 bits per heavy atom.